The van der Waals surface area contributed by atoms with Crippen LogP contribution >= 0.6 is 7.91 Å². The molecule has 2 N–H and O–H groups in total. The molecule has 0 heterocycles. The van der Waals surface area contributed by atoms with Crippen LogP contribution in [0.1, 0.15) is 0 Å². The van der Waals surface area contributed by atoms with Crippen LogP contribution in [0.5, 0.6) is 0 Å². The molecule has 0 rings (SSSR count). The third-order valence-electron chi connectivity index (χ3n) is 0.370. The molecule has 0 spiro atoms. The van der Waals surface area contributed by atoms with Crippen LogP contribution in [0.3, 0.4) is 0 Å². The first-order chi connectivity index (χ1) is 4.33. The lowest BCUT2D eigenvalue weighted by atomic mass is 10.7. The van der Waals surface area contributed by atoms with Gasteiger partial charge in [-0.3, -0.25) is 4.89 Å². The van der Waals surface area contributed by atoms with Crippen LogP contribution in [-0.4, -0.2) is 21.9 Å². The highest BCUT2D eigenvalue weighted by atomic mass is 31.2. The number of carboxylic acids is 1. The van der Waals surface area contributed by atoms with Gasteiger partial charge in [0.15, 0.2) is 0 Å². The van der Waals surface area contributed by atoms with Crippen molar-refractivity contribution in [3.05, 3.63) is 0 Å². The number of carboxylic acid groups (broad SMARTS) is 1. The molecule has 0 amide bonds. The Morgan fingerprint density at radius 2 is 1.90 bits per heavy atom. The lowest BCUT2D eigenvalue weighted by Gasteiger charge is -1.97. The molecular weight excluding hydrogens is 170 g/mol. The van der Waals surface area contributed by atoms with Gasteiger partial charge in [0.1, 0.15) is 0 Å². The third kappa shape index (κ3) is 3.99. The van der Waals surface area contributed by atoms with Crippen molar-refractivity contribution in [2.24, 2.45) is 0 Å². The van der Waals surface area contributed by atoms with Crippen LogP contribution in [0.4, 0.5) is 4.20 Å². The Morgan fingerprint density at radius 3 is 2.00 bits per heavy atom. The molecule has 0 aromatic carbocycles. The minimum atomic E-state index is -5.51. The maximum atomic E-state index is 11.4. The highest BCUT2D eigenvalue weighted by Gasteiger charge is 2.27. The monoisotopic (exact) mass is 172 g/mol. The van der Waals surface area contributed by atoms with E-state index in [-0.39, 0.29) is 0 Å². The van der Waals surface area contributed by atoms with Gasteiger partial charge >= 0.3 is 19.8 Å². The lowest BCUT2D eigenvalue weighted by Crippen LogP contribution is -2.13. The summed E-state index contributed by atoms with van der Waals surface area (Å²) in [7, 11) is -5.51. The van der Waals surface area contributed by atoms with E-state index in [9.17, 15) is 18.4 Å². The van der Waals surface area contributed by atoms with Crippen molar-refractivity contribution in [1.29, 1.82) is 0 Å². The van der Waals surface area contributed by atoms with Crippen molar-refractivity contribution >= 4 is 19.8 Å². The van der Waals surface area contributed by atoms with Gasteiger partial charge < -0.3 is 9.63 Å². The number of hydrogen-bond donors (Lipinski definition) is 2. The van der Waals surface area contributed by atoms with Gasteiger partial charge in [-0.2, -0.15) is 0 Å². The predicted octanol–water partition coefficient (Wildman–Crippen LogP) is -0.316. The molecule has 0 aliphatic carbocycles. The van der Waals surface area contributed by atoms with Crippen molar-refractivity contribution in [1.82, 2.24) is 0 Å². The van der Waals surface area contributed by atoms with E-state index in [4.69, 9.17) is 10.00 Å². The van der Waals surface area contributed by atoms with Crippen molar-refractivity contribution in [3.63, 3.8) is 0 Å². The summed E-state index contributed by atoms with van der Waals surface area (Å²) in [5, 5.41) is 7.67. The van der Waals surface area contributed by atoms with Crippen LogP contribution in [0.2, 0.25) is 0 Å². The quantitative estimate of drug-likeness (QED) is 0.415. The van der Waals surface area contributed by atoms with Crippen LogP contribution < -0.4 is 0 Å². The fourth-order valence-electron chi connectivity index (χ4n) is 0.141. The topological polar surface area (TPSA) is 101 Å². The first kappa shape index (κ1) is 9.06. The first-order valence-electron chi connectivity index (χ1n) is 1.82. The van der Waals surface area contributed by atoms with Crippen molar-refractivity contribution in [3.8, 4) is 0 Å². The molecule has 1 atom stereocenters. The fraction of sp³-hybridized carbons (Fsp3) is 0. The Morgan fingerprint density at radius 1 is 1.50 bits per heavy atom. The van der Waals surface area contributed by atoms with E-state index >= 15 is 0 Å². The molecule has 1 unspecified atom stereocenters. The molecule has 0 bridgehead atoms. The normalized spacial score (nSPS) is 15.4. The van der Waals surface area contributed by atoms with Gasteiger partial charge in [-0.05, 0) is 0 Å². The van der Waals surface area contributed by atoms with Gasteiger partial charge in [0.25, 0.3) is 0 Å². The molecule has 0 saturated carbocycles. The average molecular weight is 172 g/mol. The standard InChI is InChI=1S/C2H2FO6P/c3-10(7,8)9-2(6)1(4)5/h(H,4,5)(H,7,8). The summed E-state index contributed by atoms with van der Waals surface area (Å²) in [5.74, 6) is -4.24. The molecule has 0 aliphatic rings. The van der Waals surface area contributed by atoms with Crippen LogP contribution in [0.15, 0.2) is 0 Å². The van der Waals surface area contributed by atoms with Crippen molar-refractivity contribution < 1.29 is 32.9 Å². The van der Waals surface area contributed by atoms with Gasteiger partial charge in [-0.1, -0.05) is 0 Å². The molecule has 6 nitrogen and oxygen atoms in total. The summed E-state index contributed by atoms with van der Waals surface area (Å²) in [6.07, 6.45) is 0. The lowest BCUT2D eigenvalue weighted by molar-refractivity contribution is -0.158. The smallest absolute Gasteiger partial charge is 0.473 e. The summed E-state index contributed by atoms with van der Waals surface area (Å²) < 4.78 is 23.8. The Labute approximate surface area is 53.9 Å². The minimum absolute atomic E-state index is 2.10. The molecule has 8 heteroatoms. The highest BCUT2D eigenvalue weighted by Crippen LogP contribution is 2.43. The van der Waals surface area contributed by atoms with E-state index in [1.165, 1.54) is 0 Å². The number of carbonyl (C=O) groups is 2. The van der Waals surface area contributed by atoms with Gasteiger partial charge in [-0.25, -0.2) is 14.2 Å². The number of rotatable bonds is 1. The molecular formula is C2H2FO6P. The summed E-state index contributed by atoms with van der Waals surface area (Å²) in [5.41, 5.74) is 0. The summed E-state index contributed by atoms with van der Waals surface area (Å²) in [6, 6.07) is 0. The van der Waals surface area contributed by atoms with Crippen LogP contribution in [-0.2, 0) is 18.7 Å². The zero-order chi connectivity index (χ0) is 8.36. The van der Waals surface area contributed by atoms with E-state index in [0.717, 1.165) is 0 Å². The van der Waals surface area contributed by atoms with E-state index < -0.39 is 19.8 Å². The van der Waals surface area contributed by atoms with E-state index in [2.05, 4.69) is 4.52 Å². The van der Waals surface area contributed by atoms with Crippen LogP contribution in [0.25, 0.3) is 0 Å². The SMILES string of the molecule is O=C(O)C(=O)OP(=O)(O)F. The van der Waals surface area contributed by atoms with E-state index in [1.807, 2.05) is 0 Å². The zero-order valence-electron chi connectivity index (χ0n) is 4.35. The number of hydrogen-bond acceptors (Lipinski definition) is 4. The van der Waals surface area contributed by atoms with E-state index in [1.54, 1.807) is 0 Å². The highest BCUT2D eigenvalue weighted by molar-refractivity contribution is 7.47. The Bertz CT molecular complexity index is 204. The summed E-state index contributed by atoms with van der Waals surface area (Å²) in [4.78, 5) is 26.9. The molecule has 0 radical (unpaired) electrons. The Balaban J connectivity index is 4.07. The van der Waals surface area contributed by atoms with Crippen molar-refractivity contribution in [2.75, 3.05) is 0 Å². The number of carbonyl (C=O) groups excluding carboxylic acids is 1. The molecule has 58 valence electrons. The van der Waals surface area contributed by atoms with Gasteiger partial charge in [0.2, 0.25) is 0 Å². The Hall–Kier alpha value is -0.940. The molecule has 0 aliphatic heterocycles. The average Bonchev–Trinajstić information content (AvgIpc) is 1.60. The second-order valence-electron chi connectivity index (χ2n) is 1.14. The van der Waals surface area contributed by atoms with Gasteiger partial charge in [-0.15, -0.1) is 4.20 Å². The number of halogens is 1. The molecule has 0 fully saturated rings. The second kappa shape index (κ2) is 2.76. The van der Waals surface area contributed by atoms with Gasteiger partial charge in [0, 0.05) is 0 Å². The maximum Gasteiger partial charge on any atom is 0.569 e. The Kier molecular flexibility index (Phi) is 2.50. The first-order valence-corrected chi connectivity index (χ1v) is 3.29. The molecule has 0 saturated heterocycles. The molecule has 10 heavy (non-hydrogen) atoms. The fourth-order valence-corrected chi connectivity index (χ4v) is 0.424. The van der Waals surface area contributed by atoms with Crippen molar-refractivity contribution in [2.45, 2.75) is 0 Å². The summed E-state index contributed by atoms with van der Waals surface area (Å²) in [6.45, 7) is 0. The minimum Gasteiger partial charge on any atom is -0.473 e. The number of aliphatic carboxylic acids is 1. The van der Waals surface area contributed by atoms with Gasteiger partial charge in [0.05, 0.1) is 0 Å². The zero-order valence-corrected chi connectivity index (χ0v) is 5.25. The molecule has 0 aromatic heterocycles. The summed E-state index contributed by atoms with van der Waals surface area (Å²) >= 11 is 0. The third-order valence-corrected chi connectivity index (χ3v) is 0.761. The second-order valence-corrected chi connectivity index (χ2v) is 2.22. The largest absolute Gasteiger partial charge is 0.569 e. The van der Waals surface area contributed by atoms with Crippen LogP contribution in [0, 0.1) is 0 Å². The molecule has 0 aromatic rings. The van der Waals surface area contributed by atoms with E-state index in [0.29, 0.717) is 0 Å². The maximum absolute atomic E-state index is 11.4. The predicted molar refractivity (Wildman–Crippen MR) is 24.7 cm³/mol.